The standard InChI is InChI=1S/C17H19FN4O2.2ClH/c18-14-4-1-3-13(11-14)16(24-15-5-2-6-20-12-15)21-17(23)22-9-7-19-8-10-22;;/h1-6,11-12,16,19H,7-10H2,(H,21,23);2*1H. The minimum absolute atomic E-state index is 0. The number of ether oxygens (including phenoxy) is 1. The lowest BCUT2D eigenvalue weighted by Crippen LogP contribution is -2.51. The fourth-order valence-electron chi connectivity index (χ4n) is 2.47. The number of piperazine rings is 1. The number of urea groups is 1. The Hall–Kier alpha value is -2.09. The third kappa shape index (κ3) is 6.01. The number of nitrogens with zero attached hydrogens (tertiary/aromatic N) is 2. The lowest BCUT2D eigenvalue weighted by molar-refractivity contribution is 0.139. The molecule has 1 fully saturated rings. The van der Waals surface area contributed by atoms with Gasteiger partial charge in [0.2, 0.25) is 0 Å². The third-order valence-corrected chi connectivity index (χ3v) is 3.70. The zero-order chi connectivity index (χ0) is 16.8. The number of carbonyl (C=O) groups is 1. The first-order valence-electron chi connectivity index (χ1n) is 7.81. The SMILES string of the molecule is Cl.Cl.O=C(NC(Oc1cccnc1)c1cccc(F)c1)N1CCNCC1. The smallest absolute Gasteiger partial charge is 0.320 e. The van der Waals surface area contributed by atoms with E-state index in [0.717, 1.165) is 13.1 Å². The number of carbonyl (C=O) groups excluding carboxylic acids is 1. The van der Waals surface area contributed by atoms with Gasteiger partial charge in [-0.15, -0.1) is 24.8 Å². The van der Waals surface area contributed by atoms with E-state index in [9.17, 15) is 9.18 Å². The number of halogens is 3. The molecule has 2 aromatic rings. The highest BCUT2D eigenvalue weighted by Crippen LogP contribution is 2.20. The molecule has 0 aliphatic carbocycles. The van der Waals surface area contributed by atoms with Crippen molar-refractivity contribution in [1.82, 2.24) is 20.5 Å². The van der Waals surface area contributed by atoms with Crippen LogP contribution >= 0.6 is 24.8 Å². The largest absolute Gasteiger partial charge is 0.465 e. The zero-order valence-corrected chi connectivity index (χ0v) is 15.6. The van der Waals surface area contributed by atoms with Crippen LogP contribution in [0, 0.1) is 5.82 Å². The summed E-state index contributed by atoms with van der Waals surface area (Å²) < 4.78 is 19.4. The second-order valence-electron chi connectivity index (χ2n) is 5.43. The maximum atomic E-state index is 13.6. The van der Waals surface area contributed by atoms with Crippen molar-refractivity contribution < 1.29 is 13.9 Å². The van der Waals surface area contributed by atoms with Crippen molar-refractivity contribution in [3.63, 3.8) is 0 Å². The Labute approximate surface area is 163 Å². The van der Waals surface area contributed by atoms with E-state index in [1.807, 2.05) is 0 Å². The topological polar surface area (TPSA) is 66.5 Å². The van der Waals surface area contributed by atoms with Crippen molar-refractivity contribution in [3.8, 4) is 5.75 Å². The highest BCUT2D eigenvalue weighted by Gasteiger charge is 2.22. The van der Waals surface area contributed by atoms with Crippen LogP contribution in [0.1, 0.15) is 11.8 Å². The van der Waals surface area contributed by atoms with Crippen LogP contribution in [0.15, 0.2) is 48.8 Å². The van der Waals surface area contributed by atoms with E-state index in [4.69, 9.17) is 4.74 Å². The van der Waals surface area contributed by atoms with Gasteiger partial charge in [0.15, 0.2) is 6.23 Å². The zero-order valence-electron chi connectivity index (χ0n) is 13.9. The fourth-order valence-corrected chi connectivity index (χ4v) is 2.47. The minimum atomic E-state index is -0.799. The lowest BCUT2D eigenvalue weighted by Gasteiger charge is -2.30. The maximum absolute atomic E-state index is 13.6. The minimum Gasteiger partial charge on any atom is -0.465 e. The second kappa shape index (κ2) is 10.8. The molecule has 1 atom stereocenters. The molecule has 0 radical (unpaired) electrons. The van der Waals surface area contributed by atoms with Crippen LogP contribution in [-0.2, 0) is 0 Å². The van der Waals surface area contributed by atoms with Gasteiger partial charge in [-0.3, -0.25) is 10.3 Å². The summed E-state index contributed by atoms with van der Waals surface area (Å²) in [7, 11) is 0. The van der Waals surface area contributed by atoms with Crippen molar-refractivity contribution >= 4 is 30.8 Å². The predicted molar refractivity (Wildman–Crippen MR) is 101 cm³/mol. The fraction of sp³-hybridized carbons (Fsp3) is 0.294. The monoisotopic (exact) mass is 402 g/mol. The van der Waals surface area contributed by atoms with E-state index in [0.29, 0.717) is 24.4 Å². The van der Waals surface area contributed by atoms with Gasteiger partial charge >= 0.3 is 6.03 Å². The molecule has 2 heterocycles. The Bertz CT molecular complexity index is 687. The van der Waals surface area contributed by atoms with Gasteiger partial charge in [-0.2, -0.15) is 0 Å². The molecule has 9 heteroatoms. The molecule has 0 spiro atoms. The summed E-state index contributed by atoms with van der Waals surface area (Å²) >= 11 is 0. The van der Waals surface area contributed by atoms with Crippen LogP contribution in [-0.4, -0.2) is 42.1 Å². The van der Waals surface area contributed by atoms with Gasteiger partial charge in [0.05, 0.1) is 6.20 Å². The van der Waals surface area contributed by atoms with E-state index in [1.54, 1.807) is 41.6 Å². The van der Waals surface area contributed by atoms with Gasteiger partial charge in [-0.1, -0.05) is 12.1 Å². The van der Waals surface area contributed by atoms with Gasteiger partial charge in [-0.25, -0.2) is 9.18 Å². The first kappa shape index (κ1) is 22.0. The number of aromatic nitrogens is 1. The number of hydrogen-bond acceptors (Lipinski definition) is 4. The molecule has 1 aromatic carbocycles. The number of amides is 2. The number of hydrogen-bond donors (Lipinski definition) is 2. The van der Waals surface area contributed by atoms with Crippen molar-refractivity contribution in [2.75, 3.05) is 26.2 Å². The first-order valence-corrected chi connectivity index (χ1v) is 7.81. The molecule has 6 nitrogen and oxygen atoms in total. The summed E-state index contributed by atoms with van der Waals surface area (Å²) in [5.74, 6) is 0.107. The number of pyridine rings is 1. The van der Waals surface area contributed by atoms with E-state index in [1.165, 1.54) is 12.1 Å². The molecular weight excluding hydrogens is 382 g/mol. The number of nitrogens with one attached hydrogen (secondary N) is 2. The van der Waals surface area contributed by atoms with Crippen LogP contribution in [0.2, 0.25) is 0 Å². The number of rotatable bonds is 4. The molecule has 142 valence electrons. The van der Waals surface area contributed by atoms with Gasteiger partial charge in [0.1, 0.15) is 11.6 Å². The molecule has 1 aliphatic rings. The van der Waals surface area contributed by atoms with Crippen LogP contribution in [0.3, 0.4) is 0 Å². The Morgan fingerprint density at radius 2 is 2.00 bits per heavy atom. The van der Waals surface area contributed by atoms with Gasteiger partial charge in [-0.05, 0) is 24.3 Å². The highest BCUT2D eigenvalue weighted by atomic mass is 35.5. The number of benzene rings is 1. The summed E-state index contributed by atoms with van der Waals surface area (Å²) in [4.78, 5) is 18.1. The molecule has 1 aromatic heterocycles. The second-order valence-corrected chi connectivity index (χ2v) is 5.43. The molecule has 1 saturated heterocycles. The van der Waals surface area contributed by atoms with Crippen molar-refractivity contribution in [1.29, 1.82) is 0 Å². The summed E-state index contributed by atoms with van der Waals surface area (Å²) in [6.45, 7) is 2.74. The molecule has 2 amide bonds. The molecule has 1 unspecified atom stereocenters. The van der Waals surface area contributed by atoms with Crippen LogP contribution in [0.25, 0.3) is 0 Å². The Morgan fingerprint density at radius 3 is 2.65 bits per heavy atom. The van der Waals surface area contributed by atoms with Gasteiger partial charge in [0, 0.05) is 37.9 Å². The average molecular weight is 403 g/mol. The van der Waals surface area contributed by atoms with Crippen LogP contribution in [0.4, 0.5) is 9.18 Å². The molecule has 26 heavy (non-hydrogen) atoms. The first-order chi connectivity index (χ1) is 11.7. The molecule has 1 aliphatic heterocycles. The van der Waals surface area contributed by atoms with E-state index < -0.39 is 6.23 Å². The molecule has 3 rings (SSSR count). The van der Waals surface area contributed by atoms with Crippen molar-refractivity contribution in [2.24, 2.45) is 0 Å². The van der Waals surface area contributed by atoms with E-state index >= 15 is 0 Å². The quantitative estimate of drug-likeness (QED) is 0.771. The highest BCUT2D eigenvalue weighted by molar-refractivity contribution is 5.85. The van der Waals surface area contributed by atoms with Crippen molar-refractivity contribution in [3.05, 3.63) is 60.2 Å². The van der Waals surface area contributed by atoms with Crippen LogP contribution < -0.4 is 15.4 Å². The summed E-state index contributed by atoms with van der Waals surface area (Å²) in [6.07, 6.45) is 2.37. The Kier molecular flexibility index (Phi) is 9.12. The normalized spacial score (nSPS) is 14.4. The Morgan fingerprint density at radius 1 is 1.23 bits per heavy atom. The summed E-state index contributed by atoms with van der Waals surface area (Å²) in [6, 6.07) is 9.21. The van der Waals surface area contributed by atoms with Gasteiger partial charge < -0.3 is 15.0 Å². The third-order valence-electron chi connectivity index (χ3n) is 3.70. The average Bonchev–Trinajstić information content (AvgIpc) is 2.63. The molecular formula is C17H21Cl2FN4O2. The molecule has 0 saturated carbocycles. The van der Waals surface area contributed by atoms with Crippen LogP contribution in [0.5, 0.6) is 5.75 Å². The van der Waals surface area contributed by atoms with E-state index in [2.05, 4.69) is 15.6 Å². The summed E-state index contributed by atoms with van der Waals surface area (Å²) in [5, 5.41) is 6.01. The molecule has 2 N–H and O–H groups in total. The summed E-state index contributed by atoms with van der Waals surface area (Å²) in [5.41, 5.74) is 0.530. The molecule has 0 bridgehead atoms. The van der Waals surface area contributed by atoms with E-state index in [-0.39, 0.29) is 36.7 Å². The lowest BCUT2D eigenvalue weighted by atomic mass is 10.2. The predicted octanol–water partition coefficient (Wildman–Crippen LogP) is 2.76. The van der Waals surface area contributed by atoms with Gasteiger partial charge in [0.25, 0.3) is 0 Å². The maximum Gasteiger partial charge on any atom is 0.320 e. The Balaban J connectivity index is 0.00000169. The van der Waals surface area contributed by atoms with Crippen molar-refractivity contribution in [2.45, 2.75) is 6.23 Å².